The molecule has 17 heteroatoms. The first-order valence-electron chi connectivity index (χ1n) is 26.3. The number of esters is 3. The van der Waals surface area contributed by atoms with Crippen molar-refractivity contribution in [1.29, 1.82) is 0 Å². The van der Waals surface area contributed by atoms with E-state index in [9.17, 15) is 31.9 Å². The van der Waals surface area contributed by atoms with E-state index in [2.05, 4.69) is 93.8 Å². The first kappa shape index (κ1) is 60.2. The molecule has 2 heterocycles. The minimum Gasteiger partial charge on any atom is -0.463 e. The monoisotopic (exact) mass is 1080 g/mol. The lowest BCUT2D eigenvalue weighted by Gasteiger charge is -2.14. The van der Waals surface area contributed by atoms with Crippen molar-refractivity contribution in [1.82, 2.24) is 30.0 Å². The van der Waals surface area contributed by atoms with Crippen LogP contribution in [0, 0.1) is 30.2 Å². The highest BCUT2D eigenvalue weighted by Gasteiger charge is 2.25. The topological polar surface area (TPSA) is 150 Å². The molecular formula is C62H68F4N6O7. The normalized spacial score (nSPS) is 11.2. The first-order chi connectivity index (χ1) is 37.8. The molecule has 0 aliphatic rings. The van der Waals surface area contributed by atoms with Crippen LogP contribution in [0.1, 0.15) is 124 Å². The standard InChI is InChI=1S/C26H27N3O.C13H15N3O2.C12H12F4O2.C11H14O2/c1-18(2)29-16-23(27-28-29)17-30-15-4-3-6-19-9-10-22-12-11-20-7-5-8-21-13-14-24(19)26(22)25(20)21;1-10(2)16-8-12(14-15-16)9-18-13(17)11-6-4-3-5-7-11;1-5(2)18-8(17)4-7-9(13)6(3)10(14)12(16)11(7)15;1-9(2)13-11(12)8-10-6-4-3-5-7-10/h5,7-14,16,18H,3-4,6,15,17H2,1-2H3;3-8,10H,9H2,1-2H3;5H,4H2,1-3H3;3-7,9H,8H2,1-2H3. The van der Waals surface area contributed by atoms with Crippen molar-refractivity contribution in [3.63, 3.8) is 0 Å². The van der Waals surface area contributed by atoms with Gasteiger partial charge in [0, 0.05) is 29.8 Å². The number of carbonyl (C=O) groups excluding carboxylic acids is 3. The maximum Gasteiger partial charge on any atom is 0.338 e. The molecule has 0 amide bonds. The van der Waals surface area contributed by atoms with Gasteiger partial charge in [-0.1, -0.05) is 114 Å². The summed E-state index contributed by atoms with van der Waals surface area (Å²) in [5.41, 5.74) is 3.02. The minimum atomic E-state index is -1.79. The van der Waals surface area contributed by atoms with Crippen molar-refractivity contribution in [2.45, 2.75) is 132 Å². The zero-order chi connectivity index (χ0) is 57.2. The van der Waals surface area contributed by atoms with E-state index in [1.165, 1.54) is 37.9 Å². The number of rotatable bonds is 18. The molecule has 7 aromatic carbocycles. The van der Waals surface area contributed by atoms with Crippen LogP contribution >= 0.6 is 0 Å². The maximum atomic E-state index is 13.5. The predicted octanol–water partition coefficient (Wildman–Crippen LogP) is 13.7. The highest BCUT2D eigenvalue weighted by atomic mass is 19.2. The van der Waals surface area contributed by atoms with Crippen LogP contribution in [0.5, 0.6) is 0 Å². The molecule has 9 aromatic rings. The van der Waals surface area contributed by atoms with E-state index in [1.54, 1.807) is 49.0 Å². The summed E-state index contributed by atoms with van der Waals surface area (Å²) >= 11 is 0. The van der Waals surface area contributed by atoms with E-state index in [0.29, 0.717) is 30.3 Å². The van der Waals surface area contributed by atoms with Gasteiger partial charge in [0.2, 0.25) is 0 Å². The van der Waals surface area contributed by atoms with E-state index in [4.69, 9.17) is 14.2 Å². The molecule has 0 saturated carbocycles. The van der Waals surface area contributed by atoms with Crippen LogP contribution in [0.15, 0.2) is 128 Å². The van der Waals surface area contributed by atoms with Crippen LogP contribution in [-0.2, 0) is 61.0 Å². The van der Waals surface area contributed by atoms with Gasteiger partial charge in [-0.3, -0.25) is 9.59 Å². The first-order valence-corrected chi connectivity index (χ1v) is 26.3. The molecule has 0 bridgehead atoms. The van der Waals surface area contributed by atoms with Gasteiger partial charge in [-0.25, -0.2) is 31.7 Å². The van der Waals surface area contributed by atoms with Crippen LogP contribution in [-0.4, -0.2) is 66.7 Å². The Morgan fingerprint density at radius 2 is 1.08 bits per heavy atom. The van der Waals surface area contributed by atoms with Gasteiger partial charge in [0.25, 0.3) is 0 Å². The third-order valence-corrected chi connectivity index (χ3v) is 12.2. The number of unbranched alkanes of at least 4 members (excludes halogenated alkanes) is 1. The van der Waals surface area contributed by atoms with E-state index in [-0.39, 0.29) is 30.7 Å². The Balaban J connectivity index is 0.000000180. The number of aromatic nitrogens is 6. The van der Waals surface area contributed by atoms with Gasteiger partial charge in [-0.05, 0) is 137 Å². The fraction of sp³-hybridized carbons (Fsp3) is 0.339. The van der Waals surface area contributed by atoms with Crippen molar-refractivity contribution in [2.24, 2.45) is 0 Å². The molecule has 0 spiro atoms. The molecule has 0 atom stereocenters. The second kappa shape index (κ2) is 29.1. The average Bonchev–Trinajstić information content (AvgIpc) is 4.28. The van der Waals surface area contributed by atoms with Gasteiger partial charge in [-0.2, -0.15) is 0 Å². The van der Waals surface area contributed by atoms with E-state index >= 15 is 0 Å². The summed E-state index contributed by atoms with van der Waals surface area (Å²) in [4.78, 5) is 34.1. The summed E-state index contributed by atoms with van der Waals surface area (Å²) < 4.78 is 77.2. The van der Waals surface area contributed by atoms with Crippen molar-refractivity contribution in [3.8, 4) is 0 Å². The molecule has 2 aromatic heterocycles. The lowest BCUT2D eigenvalue weighted by Crippen LogP contribution is -2.17. The molecule has 0 aliphatic heterocycles. The quantitative estimate of drug-likeness (QED) is 0.0154. The lowest BCUT2D eigenvalue weighted by atomic mass is 9.91. The second-order valence-electron chi connectivity index (χ2n) is 19.9. The molecule has 79 heavy (non-hydrogen) atoms. The largest absolute Gasteiger partial charge is 0.463 e. The van der Waals surface area contributed by atoms with E-state index < -0.39 is 52.9 Å². The number of halogens is 4. The van der Waals surface area contributed by atoms with Crippen LogP contribution in [0.25, 0.3) is 32.3 Å². The Bertz CT molecular complexity index is 3360. The summed E-state index contributed by atoms with van der Waals surface area (Å²) in [5.74, 6) is -7.78. The van der Waals surface area contributed by atoms with Crippen molar-refractivity contribution < 1.29 is 50.9 Å². The average molecular weight is 1090 g/mol. The number of carbonyl (C=O) groups is 3. The third-order valence-electron chi connectivity index (χ3n) is 12.2. The molecule has 0 fully saturated rings. The molecule has 0 saturated heterocycles. The zero-order valence-electron chi connectivity index (χ0n) is 46.1. The Labute approximate surface area is 458 Å². The molecule has 13 nitrogen and oxygen atoms in total. The van der Waals surface area contributed by atoms with Crippen LogP contribution < -0.4 is 0 Å². The maximum absolute atomic E-state index is 13.5. The Morgan fingerprint density at radius 1 is 0.544 bits per heavy atom. The van der Waals surface area contributed by atoms with E-state index in [1.807, 2.05) is 75.0 Å². The van der Waals surface area contributed by atoms with Crippen molar-refractivity contribution in [2.75, 3.05) is 6.61 Å². The summed E-state index contributed by atoms with van der Waals surface area (Å²) in [5, 5.41) is 24.3. The van der Waals surface area contributed by atoms with Gasteiger partial charge in [0.1, 0.15) is 23.8 Å². The van der Waals surface area contributed by atoms with Crippen LogP contribution in [0.3, 0.4) is 0 Å². The summed E-state index contributed by atoms with van der Waals surface area (Å²) in [6.45, 7) is 17.4. The number of aryl methyl sites for hydroxylation is 1. The van der Waals surface area contributed by atoms with Crippen molar-refractivity contribution in [3.05, 3.63) is 190 Å². The number of benzene rings is 7. The fourth-order valence-electron chi connectivity index (χ4n) is 8.25. The van der Waals surface area contributed by atoms with Gasteiger partial charge in [-0.15, -0.1) is 10.2 Å². The molecule has 0 N–H and O–H groups in total. The van der Waals surface area contributed by atoms with Crippen LogP contribution in [0.2, 0.25) is 0 Å². The molecule has 0 unspecified atom stereocenters. The second-order valence-corrected chi connectivity index (χ2v) is 19.9. The predicted molar refractivity (Wildman–Crippen MR) is 296 cm³/mol. The van der Waals surface area contributed by atoms with Gasteiger partial charge in [0.05, 0.1) is 49.6 Å². The summed E-state index contributed by atoms with van der Waals surface area (Å²) in [6.07, 6.45) is 6.06. The van der Waals surface area contributed by atoms with E-state index in [0.717, 1.165) is 44.1 Å². The third kappa shape index (κ3) is 17.2. The lowest BCUT2D eigenvalue weighted by molar-refractivity contribution is -0.147. The summed E-state index contributed by atoms with van der Waals surface area (Å²) in [6, 6.07) is 39.2. The fourth-order valence-corrected chi connectivity index (χ4v) is 8.25. The number of ether oxygens (including phenoxy) is 4. The molecule has 0 radical (unpaired) electrons. The van der Waals surface area contributed by atoms with Crippen LogP contribution in [0.4, 0.5) is 17.6 Å². The smallest absolute Gasteiger partial charge is 0.338 e. The molecule has 0 aliphatic carbocycles. The van der Waals surface area contributed by atoms with Gasteiger partial charge < -0.3 is 18.9 Å². The Morgan fingerprint density at radius 3 is 1.65 bits per heavy atom. The Hall–Kier alpha value is -8.05. The highest BCUT2D eigenvalue weighted by molar-refractivity contribution is 6.23. The summed E-state index contributed by atoms with van der Waals surface area (Å²) in [7, 11) is 0. The molecule has 416 valence electrons. The molecule has 9 rings (SSSR count). The number of nitrogens with zero attached hydrogens (tertiary/aromatic N) is 6. The SMILES string of the molecule is CC(C)OC(=O)Cc1ccccc1.CC(C)n1cc(COC(=O)c2ccccc2)nn1.CC(C)n1cc(COCCCCc2ccc3ccc4cccc5ccc2c3c45)nn1.Cc1c(F)c(F)c(F)c(CC(=O)OC(C)C)c1F. The molecular weight excluding hydrogens is 1020 g/mol. The Kier molecular flexibility index (Phi) is 22.1. The minimum absolute atomic E-state index is 0.0313. The van der Waals surface area contributed by atoms with Gasteiger partial charge in [0.15, 0.2) is 17.5 Å². The number of hydrogen-bond donors (Lipinski definition) is 0. The number of hydrogen-bond acceptors (Lipinski definition) is 11. The zero-order valence-corrected chi connectivity index (χ0v) is 46.1. The highest BCUT2D eigenvalue weighted by Crippen LogP contribution is 2.36. The van der Waals surface area contributed by atoms with Gasteiger partial charge >= 0.3 is 17.9 Å². The van der Waals surface area contributed by atoms with Crippen molar-refractivity contribution >= 4 is 50.2 Å².